The molecule has 2 aromatic heterocycles. The Morgan fingerprint density at radius 1 is 1.48 bits per heavy atom. The third-order valence-corrected chi connectivity index (χ3v) is 4.93. The van der Waals surface area contributed by atoms with Gasteiger partial charge in [0, 0.05) is 31.5 Å². The molecule has 0 aliphatic carbocycles. The van der Waals surface area contributed by atoms with E-state index in [1.165, 1.54) is 17.5 Å². The molecule has 2 N–H and O–H groups in total. The Labute approximate surface area is 137 Å². The van der Waals surface area contributed by atoms with Crippen LogP contribution < -0.4 is 15.8 Å². The maximum atomic E-state index is 12.4. The van der Waals surface area contributed by atoms with Crippen LogP contribution >= 0.6 is 11.3 Å². The predicted molar refractivity (Wildman–Crippen MR) is 89.1 cm³/mol. The fourth-order valence-electron chi connectivity index (χ4n) is 2.85. The van der Waals surface area contributed by atoms with Gasteiger partial charge in [-0.05, 0) is 26.7 Å². The minimum absolute atomic E-state index is 0.000498. The molecule has 3 rings (SSSR count). The van der Waals surface area contributed by atoms with Gasteiger partial charge in [-0.25, -0.2) is 9.97 Å². The summed E-state index contributed by atoms with van der Waals surface area (Å²) in [5.41, 5.74) is 0.562. The summed E-state index contributed by atoms with van der Waals surface area (Å²) in [6.45, 7) is 5.09. The van der Waals surface area contributed by atoms with Crippen LogP contribution in [-0.4, -0.2) is 40.0 Å². The van der Waals surface area contributed by atoms with E-state index in [-0.39, 0.29) is 17.5 Å². The van der Waals surface area contributed by atoms with E-state index in [1.54, 1.807) is 6.20 Å². The minimum atomic E-state index is -0.201. The van der Waals surface area contributed by atoms with Crippen molar-refractivity contribution in [2.45, 2.75) is 32.7 Å². The fraction of sp³-hybridized carbons (Fsp3) is 0.467. The number of amides is 1. The van der Waals surface area contributed by atoms with Gasteiger partial charge in [-0.15, -0.1) is 11.3 Å². The number of thiazole rings is 1. The molecule has 1 saturated heterocycles. The molecule has 1 aliphatic rings. The quantitative estimate of drug-likeness (QED) is 0.882. The van der Waals surface area contributed by atoms with E-state index in [9.17, 15) is 9.59 Å². The topological polar surface area (TPSA) is 91.0 Å². The van der Waals surface area contributed by atoms with Crippen molar-refractivity contribution in [1.82, 2.24) is 20.3 Å². The first-order valence-electron chi connectivity index (χ1n) is 7.58. The number of carbonyl (C=O) groups excluding carboxylic acids is 1. The molecule has 7 nitrogen and oxygen atoms in total. The molecule has 0 unspecified atom stereocenters. The molecule has 3 heterocycles. The molecule has 1 amide bonds. The zero-order chi connectivity index (χ0) is 16.4. The summed E-state index contributed by atoms with van der Waals surface area (Å²) >= 11 is 1.41. The highest BCUT2D eigenvalue weighted by molar-refractivity contribution is 7.13. The van der Waals surface area contributed by atoms with Gasteiger partial charge in [-0.2, -0.15) is 0 Å². The van der Waals surface area contributed by atoms with Gasteiger partial charge in [0.1, 0.15) is 4.88 Å². The Kier molecular flexibility index (Phi) is 4.42. The summed E-state index contributed by atoms with van der Waals surface area (Å²) in [5.74, 6) is 0.325. The number of hydrogen-bond acceptors (Lipinski definition) is 6. The van der Waals surface area contributed by atoms with Crippen LogP contribution in [0.3, 0.4) is 0 Å². The van der Waals surface area contributed by atoms with Crippen LogP contribution in [0.4, 0.5) is 5.82 Å². The van der Waals surface area contributed by atoms with Gasteiger partial charge < -0.3 is 15.2 Å². The van der Waals surface area contributed by atoms with Gasteiger partial charge >= 0.3 is 0 Å². The van der Waals surface area contributed by atoms with Gasteiger partial charge in [-0.3, -0.25) is 9.59 Å². The van der Waals surface area contributed by atoms with Gasteiger partial charge in [-0.1, -0.05) is 0 Å². The highest BCUT2D eigenvalue weighted by atomic mass is 32.1. The summed E-state index contributed by atoms with van der Waals surface area (Å²) in [6.07, 6.45) is 4.89. The summed E-state index contributed by atoms with van der Waals surface area (Å²) in [6, 6.07) is -0.000498. The Hall–Kier alpha value is -2.22. The molecular formula is C15H19N5O2S. The lowest BCUT2D eigenvalue weighted by molar-refractivity contribution is 0.0936. The molecular weight excluding hydrogens is 314 g/mol. The van der Waals surface area contributed by atoms with Crippen LogP contribution in [-0.2, 0) is 0 Å². The largest absolute Gasteiger partial charge is 0.350 e. The molecule has 0 radical (unpaired) electrons. The number of nitrogens with one attached hydrogen (secondary N) is 2. The highest BCUT2D eigenvalue weighted by Crippen LogP contribution is 2.19. The number of piperidine rings is 1. The number of H-pyrrole nitrogens is 1. The van der Waals surface area contributed by atoms with Gasteiger partial charge in [0.25, 0.3) is 11.5 Å². The molecule has 1 fully saturated rings. The molecule has 2 aromatic rings. The number of hydrogen-bond donors (Lipinski definition) is 2. The van der Waals surface area contributed by atoms with Crippen molar-refractivity contribution in [2.75, 3.05) is 18.0 Å². The van der Waals surface area contributed by atoms with E-state index in [4.69, 9.17) is 0 Å². The second-order valence-corrected chi connectivity index (χ2v) is 6.85. The standard InChI is InChI=1S/C15H19N5O2S/c1-9-12(23-10(2)18-9)14(21)19-11-4-3-7-20(8-11)13-15(22)17-6-5-16-13/h5-6,11H,3-4,7-8H2,1-2H3,(H,17,22)(H,19,21)/t11-/m1/s1. The third-order valence-electron chi connectivity index (χ3n) is 3.85. The second kappa shape index (κ2) is 6.49. The molecule has 122 valence electrons. The second-order valence-electron chi connectivity index (χ2n) is 5.65. The van der Waals surface area contributed by atoms with E-state index in [0.29, 0.717) is 17.2 Å². The smallest absolute Gasteiger partial charge is 0.290 e. The SMILES string of the molecule is Cc1nc(C)c(C(=O)N[C@@H]2CCCN(c3ncc[nH]c3=O)C2)s1. The highest BCUT2D eigenvalue weighted by Gasteiger charge is 2.25. The molecule has 1 atom stereocenters. The molecule has 23 heavy (non-hydrogen) atoms. The summed E-state index contributed by atoms with van der Waals surface area (Å²) in [4.78, 5) is 37.9. The van der Waals surface area contributed by atoms with Gasteiger partial charge in [0.2, 0.25) is 0 Å². The van der Waals surface area contributed by atoms with Crippen LogP contribution in [0.15, 0.2) is 17.2 Å². The average Bonchev–Trinajstić information content (AvgIpc) is 2.87. The lowest BCUT2D eigenvalue weighted by atomic mass is 10.1. The number of rotatable bonds is 3. The van der Waals surface area contributed by atoms with Gasteiger partial charge in [0.15, 0.2) is 5.82 Å². The van der Waals surface area contributed by atoms with Crippen molar-refractivity contribution in [3.8, 4) is 0 Å². The van der Waals surface area contributed by atoms with Crippen molar-refractivity contribution in [1.29, 1.82) is 0 Å². The number of anilines is 1. The van der Waals surface area contributed by atoms with Crippen molar-refractivity contribution in [3.63, 3.8) is 0 Å². The number of carbonyl (C=O) groups is 1. The average molecular weight is 333 g/mol. The normalized spacial score (nSPS) is 18.0. The Balaban J connectivity index is 1.70. The van der Waals surface area contributed by atoms with Crippen molar-refractivity contribution in [3.05, 3.63) is 38.3 Å². The summed E-state index contributed by atoms with van der Waals surface area (Å²) < 4.78 is 0. The lowest BCUT2D eigenvalue weighted by Gasteiger charge is -2.33. The monoisotopic (exact) mass is 333 g/mol. The number of aromatic nitrogens is 3. The van der Waals surface area contributed by atoms with Crippen molar-refractivity contribution in [2.24, 2.45) is 0 Å². The van der Waals surface area contributed by atoms with Crippen LogP contribution in [0.5, 0.6) is 0 Å². The Morgan fingerprint density at radius 2 is 2.30 bits per heavy atom. The first-order chi connectivity index (χ1) is 11.0. The maximum absolute atomic E-state index is 12.4. The van der Waals surface area contributed by atoms with Crippen LogP contribution in [0.25, 0.3) is 0 Å². The van der Waals surface area contributed by atoms with Crippen LogP contribution in [0, 0.1) is 13.8 Å². The predicted octanol–water partition coefficient (Wildman–Crippen LogP) is 1.24. The molecule has 0 aromatic carbocycles. The zero-order valence-corrected chi connectivity index (χ0v) is 13.9. The molecule has 0 bridgehead atoms. The zero-order valence-electron chi connectivity index (χ0n) is 13.1. The summed E-state index contributed by atoms with van der Waals surface area (Å²) in [7, 11) is 0. The first kappa shape index (κ1) is 15.7. The van der Waals surface area contributed by atoms with E-state index >= 15 is 0 Å². The van der Waals surface area contributed by atoms with E-state index in [2.05, 4.69) is 20.3 Å². The van der Waals surface area contributed by atoms with Crippen molar-refractivity contribution >= 4 is 23.1 Å². The fourth-order valence-corrected chi connectivity index (χ4v) is 3.67. The molecule has 0 saturated carbocycles. The Bertz CT molecular complexity index is 769. The molecule has 1 aliphatic heterocycles. The van der Waals surface area contributed by atoms with Crippen molar-refractivity contribution < 1.29 is 4.79 Å². The minimum Gasteiger partial charge on any atom is -0.350 e. The number of nitrogens with zero attached hydrogens (tertiary/aromatic N) is 3. The first-order valence-corrected chi connectivity index (χ1v) is 8.40. The number of aromatic amines is 1. The van der Waals surface area contributed by atoms with E-state index in [1.807, 2.05) is 18.7 Å². The van der Waals surface area contributed by atoms with Crippen LogP contribution in [0.1, 0.15) is 33.2 Å². The molecule has 0 spiro atoms. The van der Waals surface area contributed by atoms with Gasteiger partial charge in [0.05, 0.1) is 10.7 Å². The number of aryl methyl sites for hydroxylation is 2. The van der Waals surface area contributed by atoms with E-state index in [0.717, 1.165) is 30.1 Å². The maximum Gasteiger partial charge on any atom is 0.290 e. The molecule has 8 heteroatoms. The Morgan fingerprint density at radius 3 is 3.00 bits per heavy atom. The summed E-state index contributed by atoms with van der Waals surface area (Å²) in [5, 5.41) is 3.95. The third kappa shape index (κ3) is 3.42. The van der Waals surface area contributed by atoms with Crippen LogP contribution in [0.2, 0.25) is 0 Å². The van der Waals surface area contributed by atoms with E-state index < -0.39 is 0 Å². The lowest BCUT2D eigenvalue weighted by Crippen LogP contribution is -2.49.